The number of hydrogen-bond donors (Lipinski definition) is 0. The van der Waals surface area contributed by atoms with E-state index in [1.54, 1.807) is 4.90 Å². The van der Waals surface area contributed by atoms with Gasteiger partial charge in [-0.05, 0) is 13.0 Å². The number of piperazine rings is 1. The van der Waals surface area contributed by atoms with Crippen LogP contribution >= 0.6 is 0 Å². The lowest BCUT2D eigenvalue weighted by Crippen LogP contribution is -2.45. The molecule has 1 aliphatic rings. The van der Waals surface area contributed by atoms with Crippen molar-refractivity contribution in [3.63, 3.8) is 0 Å². The zero-order valence-corrected chi connectivity index (χ0v) is 9.15. The third-order valence-corrected chi connectivity index (χ3v) is 2.64. The Hall–Kier alpha value is -1.10. The molecule has 1 aliphatic heterocycles. The smallest absolute Gasteiger partial charge is 0.305 e. The van der Waals surface area contributed by atoms with E-state index in [1.165, 1.54) is 7.11 Å². The van der Waals surface area contributed by atoms with Gasteiger partial charge in [0.1, 0.15) is 0 Å². The van der Waals surface area contributed by atoms with Crippen LogP contribution in [0.1, 0.15) is 12.8 Å². The second-order valence-electron chi connectivity index (χ2n) is 3.66. The average molecular weight is 214 g/mol. The molecule has 1 amide bonds. The Balaban J connectivity index is 2.08. The fourth-order valence-corrected chi connectivity index (χ4v) is 1.64. The molecule has 15 heavy (non-hydrogen) atoms. The molecule has 0 aromatic carbocycles. The highest BCUT2D eigenvalue weighted by Crippen LogP contribution is 2.02. The lowest BCUT2D eigenvalue weighted by atomic mass is 10.2. The average Bonchev–Trinajstić information content (AvgIpc) is 2.29. The van der Waals surface area contributed by atoms with Gasteiger partial charge in [-0.25, -0.2) is 0 Å². The topological polar surface area (TPSA) is 49.9 Å². The normalized spacial score (nSPS) is 17.5. The predicted molar refractivity (Wildman–Crippen MR) is 55.3 cm³/mol. The summed E-state index contributed by atoms with van der Waals surface area (Å²) in [6.45, 7) is 4.30. The highest BCUT2D eigenvalue weighted by molar-refractivity contribution is 5.69. The summed E-state index contributed by atoms with van der Waals surface area (Å²) in [5.74, 6) is -0.151. The Kier molecular flexibility index (Phi) is 5.10. The summed E-state index contributed by atoms with van der Waals surface area (Å²) in [7, 11) is 1.41. The van der Waals surface area contributed by atoms with Gasteiger partial charge in [0.2, 0.25) is 6.41 Å². The highest BCUT2D eigenvalue weighted by Gasteiger charge is 2.14. The van der Waals surface area contributed by atoms with Crippen LogP contribution < -0.4 is 0 Å². The number of rotatable bonds is 5. The molecule has 1 rings (SSSR count). The highest BCUT2D eigenvalue weighted by atomic mass is 16.5. The number of methoxy groups -OCH3 is 1. The van der Waals surface area contributed by atoms with Gasteiger partial charge < -0.3 is 9.64 Å². The molecule has 86 valence electrons. The van der Waals surface area contributed by atoms with Crippen LogP contribution in [0.5, 0.6) is 0 Å². The number of ether oxygens (including phenoxy) is 1. The molecule has 0 aromatic heterocycles. The van der Waals surface area contributed by atoms with Gasteiger partial charge in [0, 0.05) is 32.6 Å². The Morgan fingerprint density at radius 1 is 1.33 bits per heavy atom. The standard InChI is InChI=1S/C10H18N2O3/c1-15-10(14)3-2-4-11-5-7-12(9-13)8-6-11/h9H,2-8H2,1H3. The Labute approximate surface area is 90.0 Å². The minimum absolute atomic E-state index is 0.151. The summed E-state index contributed by atoms with van der Waals surface area (Å²) >= 11 is 0. The Bertz CT molecular complexity index is 213. The third kappa shape index (κ3) is 4.29. The van der Waals surface area contributed by atoms with E-state index in [0.29, 0.717) is 6.42 Å². The second-order valence-corrected chi connectivity index (χ2v) is 3.66. The van der Waals surface area contributed by atoms with Crippen molar-refractivity contribution in [2.24, 2.45) is 0 Å². The zero-order chi connectivity index (χ0) is 11.1. The molecule has 0 N–H and O–H groups in total. The van der Waals surface area contributed by atoms with Crippen molar-refractivity contribution in [1.82, 2.24) is 9.80 Å². The van der Waals surface area contributed by atoms with Gasteiger partial charge in [-0.1, -0.05) is 0 Å². The molecular formula is C10H18N2O3. The van der Waals surface area contributed by atoms with E-state index in [9.17, 15) is 9.59 Å². The van der Waals surface area contributed by atoms with E-state index in [2.05, 4.69) is 9.64 Å². The molecule has 0 aromatic rings. The van der Waals surface area contributed by atoms with E-state index in [1.807, 2.05) is 0 Å². The van der Waals surface area contributed by atoms with Gasteiger partial charge in [-0.2, -0.15) is 0 Å². The van der Waals surface area contributed by atoms with E-state index < -0.39 is 0 Å². The molecule has 0 aliphatic carbocycles. The lowest BCUT2D eigenvalue weighted by Gasteiger charge is -2.32. The number of carbonyl (C=O) groups excluding carboxylic acids is 2. The van der Waals surface area contributed by atoms with Crippen LogP contribution in [-0.4, -0.2) is 62.0 Å². The maximum atomic E-state index is 10.9. The first-order chi connectivity index (χ1) is 7.26. The van der Waals surface area contributed by atoms with Crippen molar-refractivity contribution in [2.45, 2.75) is 12.8 Å². The number of nitrogens with zero attached hydrogens (tertiary/aromatic N) is 2. The van der Waals surface area contributed by atoms with Crippen LogP contribution in [0, 0.1) is 0 Å². The van der Waals surface area contributed by atoms with Crippen molar-refractivity contribution < 1.29 is 14.3 Å². The zero-order valence-electron chi connectivity index (χ0n) is 9.15. The second kappa shape index (κ2) is 6.40. The summed E-state index contributed by atoms with van der Waals surface area (Å²) in [4.78, 5) is 25.4. The Morgan fingerprint density at radius 3 is 2.53 bits per heavy atom. The van der Waals surface area contributed by atoms with Gasteiger partial charge in [-0.3, -0.25) is 14.5 Å². The molecule has 0 bridgehead atoms. The third-order valence-electron chi connectivity index (χ3n) is 2.64. The molecule has 1 saturated heterocycles. The van der Waals surface area contributed by atoms with Crippen LogP contribution in [0.3, 0.4) is 0 Å². The molecule has 0 saturated carbocycles. The first kappa shape index (κ1) is 12.0. The molecule has 5 nitrogen and oxygen atoms in total. The number of hydrogen-bond acceptors (Lipinski definition) is 4. The SMILES string of the molecule is COC(=O)CCCN1CCN(C=O)CC1. The number of esters is 1. The maximum Gasteiger partial charge on any atom is 0.305 e. The number of amides is 1. The van der Waals surface area contributed by atoms with Gasteiger partial charge >= 0.3 is 5.97 Å². The molecule has 1 heterocycles. The molecule has 1 fully saturated rings. The lowest BCUT2D eigenvalue weighted by molar-refractivity contribution is -0.140. The fraction of sp³-hybridized carbons (Fsp3) is 0.800. The van der Waals surface area contributed by atoms with E-state index in [0.717, 1.165) is 45.6 Å². The van der Waals surface area contributed by atoms with Crippen LogP contribution in [0.2, 0.25) is 0 Å². The van der Waals surface area contributed by atoms with Gasteiger partial charge in [0.25, 0.3) is 0 Å². The number of carbonyl (C=O) groups is 2. The quantitative estimate of drug-likeness (QED) is 0.466. The van der Waals surface area contributed by atoms with E-state index >= 15 is 0 Å². The first-order valence-electron chi connectivity index (χ1n) is 5.25. The van der Waals surface area contributed by atoms with Crippen LogP contribution in [0.25, 0.3) is 0 Å². The van der Waals surface area contributed by atoms with Crippen molar-refractivity contribution in [3.8, 4) is 0 Å². The van der Waals surface area contributed by atoms with Gasteiger partial charge in [0.05, 0.1) is 7.11 Å². The molecule has 0 spiro atoms. The van der Waals surface area contributed by atoms with E-state index in [4.69, 9.17) is 0 Å². The predicted octanol–water partition coefficient (Wildman–Crippen LogP) is -0.286. The summed E-state index contributed by atoms with van der Waals surface area (Å²) in [6.07, 6.45) is 2.20. The first-order valence-corrected chi connectivity index (χ1v) is 5.25. The maximum absolute atomic E-state index is 10.9. The minimum Gasteiger partial charge on any atom is -0.469 e. The molecule has 0 radical (unpaired) electrons. The summed E-state index contributed by atoms with van der Waals surface area (Å²) in [6, 6.07) is 0. The van der Waals surface area contributed by atoms with Gasteiger partial charge in [-0.15, -0.1) is 0 Å². The molecule has 5 heteroatoms. The summed E-state index contributed by atoms with van der Waals surface area (Å²) in [5, 5.41) is 0. The summed E-state index contributed by atoms with van der Waals surface area (Å²) in [5.41, 5.74) is 0. The largest absolute Gasteiger partial charge is 0.469 e. The van der Waals surface area contributed by atoms with E-state index in [-0.39, 0.29) is 5.97 Å². The van der Waals surface area contributed by atoms with Crippen molar-refractivity contribution in [3.05, 3.63) is 0 Å². The van der Waals surface area contributed by atoms with Crippen LogP contribution in [0.15, 0.2) is 0 Å². The van der Waals surface area contributed by atoms with Crippen molar-refractivity contribution >= 4 is 12.4 Å². The van der Waals surface area contributed by atoms with Crippen molar-refractivity contribution in [2.75, 3.05) is 39.8 Å². The van der Waals surface area contributed by atoms with Crippen molar-refractivity contribution in [1.29, 1.82) is 0 Å². The Morgan fingerprint density at radius 2 is 2.00 bits per heavy atom. The van der Waals surface area contributed by atoms with Gasteiger partial charge in [0.15, 0.2) is 0 Å². The van der Waals surface area contributed by atoms with Crippen LogP contribution in [-0.2, 0) is 14.3 Å². The molecular weight excluding hydrogens is 196 g/mol. The molecule has 0 unspecified atom stereocenters. The molecule has 0 atom stereocenters. The minimum atomic E-state index is -0.151. The monoisotopic (exact) mass is 214 g/mol. The summed E-state index contributed by atoms with van der Waals surface area (Å²) < 4.78 is 4.56. The fourth-order valence-electron chi connectivity index (χ4n) is 1.64. The van der Waals surface area contributed by atoms with Crippen LogP contribution in [0.4, 0.5) is 0 Å².